The molecule has 2 heterocycles. The highest BCUT2D eigenvalue weighted by atomic mass is 16.5. The first-order valence-electron chi connectivity index (χ1n) is 8.26. The van der Waals surface area contributed by atoms with Gasteiger partial charge >= 0.3 is 0 Å². The molecule has 0 aliphatic rings. The van der Waals surface area contributed by atoms with Gasteiger partial charge in [-0.1, -0.05) is 30.6 Å². The van der Waals surface area contributed by atoms with Gasteiger partial charge in [0, 0.05) is 23.7 Å². The standard InChI is InChI=1S/C18H20N4O3/c1-3-4-8-17-20-15(22-25-17)11-24-14-7-5-6-13(10-14)18-19-12(2)9-16(23)21-18/h5-7,9-10H,3-4,8,11H2,1-2H3,(H,19,21,23). The van der Waals surface area contributed by atoms with Gasteiger partial charge in [-0.25, -0.2) is 4.98 Å². The number of nitrogens with one attached hydrogen (secondary N) is 1. The van der Waals surface area contributed by atoms with Gasteiger partial charge in [-0.2, -0.15) is 4.98 Å². The molecule has 7 nitrogen and oxygen atoms in total. The summed E-state index contributed by atoms with van der Waals surface area (Å²) in [4.78, 5) is 23.0. The molecule has 7 heteroatoms. The zero-order chi connectivity index (χ0) is 17.6. The molecule has 0 saturated heterocycles. The lowest BCUT2D eigenvalue weighted by Gasteiger charge is -2.06. The zero-order valence-corrected chi connectivity index (χ0v) is 14.3. The van der Waals surface area contributed by atoms with Gasteiger partial charge in [-0.15, -0.1) is 0 Å². The van der Waals surface area contributed by atoms with Crippen LogP contribution < -0.4 is 10.3 Å². The van der Waals surface area contributed by atoms with Crippen molar-refractivity contribution in [1.29, 1.82) is 0 Å². The Hall–Kier alpha value is -2.96. The minimum Gasteiger partial charge on any atom is -0.485 e. The first-order valence-corrected chi connectivity index (χ1v) is 8.26. The van der Waals surface area contributed by atoms with Crippen LogP contribution in [0.4, 0.5) is 0 Å². The van der Waals surface area contributed by atoms with E-state index in [9.17, 15) is 4.79 Å². The molecule has 3 rings (SSSR count). The molecular weight excluding hydrogens is 320 g/mol. The second-order valence-corrected chi connectivity index (χ2v) is 5.76. The SMILES string of the molecule is CCCCc1nc(COc2cccc(-c3nc(C)cc(=O)[nH]3)c2)no1. The molecule has 25 heavy (non-hydrogen) atoms. The summed E-state index contributed by atoms with van der Waals surface area (Å²) in [5.74, 6) is 2.30. The molecule has 130 valence electrons. The molecule has 1 N–H and O–H groups in total. The van der Waals surface area contributed by atoms with E-state index in [-0.39, 0.29) is 12.2 Å². The molecule has 0 aliphatic heterocycles. The van der Waals surface area contributed by atoms with Crippen LogP contribution >= 0.6 is 0 Å². The van der Waals surface area contributed by atoms with E-state index in [0.717, 1.165) is 24.8 Å². The third kappa shape index (κ3) is 4.53. The number of aryl methyl sites for hydroxylation is 2. The first-order chi connectivity index (χ1) is 12.1. The van der Waals surface area contributed by atoms with Gasteiger partial charge in [-0.05, 0) is 25.5 Å². The van der Waals surface area contributed by atoms with Crippen molar-refractivity contribution in [1.82, 2.24) is 20.1 Å². The molecule has 3 aromatic rings. The Morgan fingerprint density at radius 2 is 2.12 bits per heavy atom. The van der Waals surface area contributed by atoms with Crippen LogP contribution in [0, 0.1) is 6.92 Å². The molecular formula is C18H20N4O3. The van der Waals surface area contributed by atoms with Crippen molar-refractivity contribution in [3.63, 3.8) is 0 Å². The molecule has 0 spiro atoms. The first kappa shape index (κ1) is 16.9. The summed E-state index contributed by atoms with van der Waals surface area (Å²) in [7, 11) is 0. The second kappa shape index (κ2) is 7.74. The van der Waals surface area contributed by atoms with Crippen molar-refractivity contribution >= 4 is 0 Å². The predicted molar refractivity (Wildman–Crippen MR) is 92.3 cm³/mol. The minimum atomic E-state index is -0.180. The highest BCUT2D eigenvalue weighted by molar-refractivity contribution is 5.57. The summed E-state index contributed by atoms with van der Waals surface area (Å²) < 4.78 is 10.9. The molecule has 0 unspecified atom stereocenters. The molecule has 0 bridgehead atoms. The smallest absolute Gasteiger partial charge is 0.251 e. The largest absolute Gasteiger partial charge is 0.485 e. The quantitative estimate of drug-likeness (QED) is 0.710. The Morgan fingerprint density at radius 1 is 1.24 bits per heavy atom. The maximum atomic E-state index is 11.6. The molecule has 0 fully saturated rings. The molecule has 0 atom stereocenters. The number of ether oxygens (including phenoxy) is 1. The van der Waals surface area contributed by atoms with Crippen molar-refractivity contribution in [2.45, 2.75) is 39.7 Å². The monoisotopic (exact) mass is 340 g/mol. The van der Waals surface area contributed by atoms with Crippen molar-refractivity contribution in [2.24, 2.45) is 0 Å². The maximum absolute atomic E-state index is 11.6. The number of hydrogen-bond donors (Lipinski definition) is 1. The zero-order valence-electron chi connectivity index (χ0n) is 14.3. The number of nitrogens with zero attached hydrogens (tertiary/aromatic N) is 3. The molecule has 2 aromatic heterocycles. The van der Waals surface area contributed by atoms with Gasteiger partial charge in [0.15, 0.2) is 6.61 Å². The summed E-state index contributed by atoms with van der Waals surface area (Å²) in [6, 6.07) is 8.80. The highest BCUT2D eigenvalue weighted by Gasteiger charge is 2.08. The Kier molecular flexibility index (Phi) is 5.23. The Labute approximate surface area is 145 Å². The maximum Gasteiger partial charge on any atom is 0.251 e. The average molecular weight is 340 g/mol. The fourth-order valence-electron chi connectivity index (χ4n) is 2.38. The molecule has 0 aliphatic carbocycles. The molecule has 0 saturated carbocycles. The van der Waals surface area contributed by atoms with Gasteiger partial charge in [0.2, 0.25) is 11.7 Å². The number of hydrogen-bond acceptors (Lipinski definition) is 6. The van der Waals surface area contributed by atoms with E-state index < -0.39 is 0 Å². The second-order valence-electron chi connectivity index (χ2n) is 5.76. The van der Waals surface area contributed by atoms with E-state index in [4.69, 9.17) is 9.26 Å². The van der Waals surface area contributed by atoms with Crippen LogP contribution in [-0.4, -0.2) is 20.1 Å². The van der Waals surface area contributed by atoms with E-state index in [1.807, 2.05) is 24.3 Å². The van der Waals surface area contributed by atoms with Gasteiger partial charge in [-0.3, -0.25) is 4.79 Å². The summed E-state index contributed by atoms with van der Waals surface area (Å²) in [5.41, 5.74) is 1.26. The third-order valence-electron chi connectivity index (χ3n) is 3.60. The van der Waals surface area contributed by atoms with Crippen LogP contribution in [0.25, 0.3) is 11.4 Å². The summed E-state index contributed by atoms with van der Waals surface area (Å²) in [6.45, 7) is 4.12. The Morgan fingerprint density at radius 3 is 2.92 bits per heavy atom. The fraction of sp³-hybridized carbons (Fsp3) is 0.333. The Bertz CT molecular complexity index is 901. The van der Waals surface area contributed by atoms with Gasteiger partial charge in [0.1, 0.15) is 11.6 Å². The summed E-state index contributed by atoms with van der Waals surface area (Å²) >= 11 is 0. The molecule has 0 radical (unpaired) electrons. The van der Waals surface area contributed by atoms with Crippen LogP contribution in [0.15, 0.2) is 39.6 Å². The number of aromatic nitrogens is 4. The number of aromatic amines is 1. The van der Waals surface area contributed by atoms with Crippen LogP contribution in [-0.2, 0) is 13.0 Å². The molecule has 1 aromatic carbocycles. The van der Waals surface area contributed by atoms with Crippen LogP contribution in [0.5, 0.6) is 5.75 Å². The number of unbranched alkanes of at least 4 members (excludes halogenated alkanes) is 1. The topological polar surface area (TPSA) is 93.9 Å². The third-order valence-corrected chi connectivity index (χ3v) is 3.60. The van der Waals surface area contributed by atoms with E-state index in [2.05, 4.69) is 27.0 Å². The van der Waals surface area contributed by atoms with Crippen molar-refractivity contribution in [3.8, 4) is 17.1 Å². The Balaban J connectivity index is 1.69. The lowest BCUT2D eigenvalue weighted by molar-refractivity contribution is 0.285. The van der Waals surface area contributed by atoms with Crippen LogP contribution in [0.2, 0.25) is 0 Å². The average Bonchev–Trinajstić information content (AvgIpc) is 3.05. The van der Waals surface area contributed by atoms with Gasteiger partial charge < -0.3 is 14.2 Å². The molecule has 0 amide bonds. The van der Waals surface area contributed by atoms with Crippen molar-refractivity contribution < 1.29 is 9.26 Å². The van der Waals surface area contributed by atoms with E-state index >= 15 is 0 Å². The van der Waals surface area contributed by atoms with Crippen LogP contribution in [0.1, 0.15) is 37.2 Å². The van der Waals surface area contributed by atoms with E-state index in [1.54, 1.807) is 6.92 Å². The van der Waals surface area contributed by atoms with E-state index in [0.29, 0.717) is 29.0 Å². The number of rotatable bonds is 7. The van der Waals surface area contributed by atoms with Crippen molar-refractivity contribution in [2.75, 3.05) is 0 Å². The highest BCUT2D eigenvalue weighted by Crippen LogP contribution is 2.21. The predicted octanol–water partition coefficient (Wildman–Crippen LogP) is 3.05. The van der Waals surface area contributed by atoms with E-state index in [1.165, 1.54) is 6.07 Å². The normalized spacial score (nSPS) is 10.8. The number of benzene rings is 1. The summed E-state index contributed by atoms with van der Waals surface area (Å²) in [5, 5.41) is 3.92. The lowest BCUT2D eigenvalue weighted by atomic mass is 10.2. The van der Waals surface area contributed by atoms with Gasteiger partial charge in [0.25, 0.3) is 5.56 Å². The van der Waals surface area contributed by atoms with Gasteiger partial charge in [0.05, 0.1) is 0 Å². The lowest BCUT2D eigenvalue weighted by Crippen LogP contribution is -2.08. The minimum absolute atomic E-state index is 0.180. The van der Waals surface area contributed by atoms with Crippen LogP contribution in [0.3, 0.4) is 0 Å². The summed E-state index contributed by atoms with van der Waals surface area (Å²) in [6.07, 6.45) is 2.88. The number of H-pyrrole nitrogens is 1. The van der Waals surface area contributed by atoms with Crippen molar-refractivity contribution in [3.05, 3.63) is 58.1 Å². The fourth-order valence-corrected chi connectivity index (χ4v) is 2.38.